The van der Waals surface area contributed by atoms with Crippen molar-refractivity contribution in [2.45, 2.75) is 219 Å². The zero-order chi connectivity index (χ0) is 41.5. The number of rotatable bonds is 41. The summed E-state index contributed by atoms with van der Waals surface area (Å²) in [6.45, 7) is 6.31. The minimum absolute atomic E-state index is 0.106. The van der Waals surface area contributed by atoms with Gasteiger partial charge in [-0.25, -0.2) is 0 Å². The molecule has 0 radical (unpaired) electrons. The van der Waals surface area contributed by atoms with Gasteiger partial charge in [-0.1, -0.05) is 164 Å². The predicted molar refractivity (Wildman–Crippen MR) is 242 cm³/mol. The van der Waals surface area contributed by atoms with Crippen LogP contribution in [0.4, 0.5) is 0 Å². The first-order valence-corrected chi connectivity index (χ1v) is 23.4. The van der Waals surface area contributed by atoms with Gasteiger partial charge in [-0.2, -0.15) is 0 Å². The van der Waals surface area contributed by atoms with Gasteiger partial charge in [0.1, 0.15) is 13.2 Å². The summed E-state index contributed by atoms with van der Waals surface area (Å²) < 4.78 is 16.6. The summed E-state index contributed by atoms with van der Waals surface area (Å²) in [5.74, 6) is -0.997. The maximum absolute atomic E-state index is 12.7. The molecule has 0 aromatic heterocycles. The van der Waals surface area contributed by atoms with E-state index >= 15 is 0 Å². The van der Waals surface area contributed by atoms with Crippen LogP contribution in [0.1, 0.15) is 213 Å². The van der Waals surface area contributed by atoms with Crippen molar-refractivity contribution in [2.75, 3.05) is 13.2 Å². The molecular formula is C51H86O6. The van der Waals surface area contributed by atoms with E-state index < -0.39 is 6.10 Å². The van der Waals surface area contributed by atoms with Crippen molar-refractivity contribution in [1.82, 2.24) is 0 Å². The number of allylic oxidation sites excluding steroid dienone is 12. The van der Waals surface area contributed by atoms with E-state index in [2.05, 4.69) is 93.7 Å². The normalized spacial score (nSPS) is 12.7. The summed E-state index contributed by atoms with van der Waals surface area (Å²) >= 11 is 0. The molecule has 0 aromatic rings. The summed E-state index contributed by atoms with van der Waals surface area (Å²) in [5.41, 5.74) is 0. The van der Waals surface area contributed by atoms with Crippen LogP contribution in [0.3, 0.4) is 0 Å². The SMILES string of the molecule is CC/C=C\C/C=C\C/C=C\CCCCC(=O)OC(COC(=O)CCCC/C=C\C/C=C\CC)COC(=O)CCCCCCC/C=C\CCCCCCCCCCC. The fourth-order valence-electron chi connectivity index (χ4n) is 6.19. The summed E-state index contributed by atoms with van der Waals surface area (Å²) in [6, 6.07) is 0. The highest BCUT2D eigenvalue weighted by Gasteiger charge is 2.19. The molecule has 0 amide bonds. The lowest BCUT2D eigenvalue weighted by Gasteiger charge is -2.18. The zero-order valence-corrected chi connectivity index (χ0v) is 37.1. The van der Waals surface area contributed by atoms with Crippen LogP contribution in [0.15, 0.2) is 72.9 Å². The lowest BCUT2D eigenvalue weighted by Crippen LogP contribution is -2.30. The van der Waals surface area contributed by atoms with Crippen LogP contribution in [0.25, 0.3) is 0 Å². The van der Waals surface area contributed by atoms with Crippen molar-refractivity contribution >= 4 is 17.9 Å². The van der Waals surface area contributed by atoms with Crippen LogP contribution >= 0.6 is 0 Å². The molecule has 57 heavy (non-hydrogen) atoms. The molecule has 0 fully saturated rings. The zero-order valence-electron chi connectivity index (χ0n) is 37.1. The largest absolute Gasteiger partial charge is 0.462 e. The van der Waals surface area contributed by atoms with E-state index in [-0.39, 0.29) is 37.5 Å². The Morgan fingerprint density at radius 1 is 0.368 bits per heavy atom. The standard InChI is InChI=1S/C51H86O6/c1-4-7-10-13-16-19-21-23-24-25-26-27-28-30-32-35-38-41-44-50(53)56-47-48(46-55-49(52)43-40-37-34-31-18-15-12-9-6-3)57-51(54)45-42-39-36-33-29-22-20-17-14-11-8-5-2/h8-9,11-12,17-18,20,26-27,29,31,33,48H,4-7,10,13-16,19,21-25,28,30,32,34-47H2,1-3H3/b11-8-,12-9-,20-17-,27-26-,31-18-,33-29-. The average Bonchev–Trinajstić information content (AvgIpc) is 3.21. The van der Waals surface area contributed by atoms with Gasteiger partial charge >= 0.3 is 17.9 Å². The topological polar surface area (TPSA) is 78.9 Å². The first-order chi connectivity index (χ1) is 28.0. The Morgan fingerprint density at radius 2 is 0.684 bits per heavy atom. The quantitative estimate of drug-likeness (QED) is 0.0265. The number of carbonyl (C=O) groups excluding carboxylic acids is 3. The fraction of sp³-hybridized carbons (Fsp3) is 0.706. The monoisotopic (exact) mass is 795 g/mol. The number of hydrogen-bond acceptors (Lipinski definition) is 6. The number of hydrogen-bond donors (Lipinski definition) is 0. The first kappa shape index (κ1) is 53.9. The Hall–Kier alpha value is -3.15. The number of esters is 3. The second-order valence-electron chi connectivity index (χ2n) is 15.2. The molecule has 0 heterocycles. The molecule has 326 valence electrons. The van der Waals surface area contributed by atoms with Crippen LogP contribution in [0, 0.1) is 0 Å². The Labute approximate surface area is 351 Å². The highest BCUT2D eigenvalue weighted by molar-refractivity contribution is 5.71. The van der Waals surface area contributed by atoms with Gasteiger partial charge in [0.2, 0.25) is 0 Å². The average molecular weight is 795 g/mol. The third-order valence-corrected chi connectivity index (χ3v) is 9.68. The van der Waals surface area contributed by atoms with E-state index in [1.165, 1.54) is 77.0 Å². The van der Waals surface area contributed by atoms with Gasteiger partial charge in [0.05, 0.1) is 0 Å². The molecule has 0 aliphatic rings. The van der Waals surface area contributed by atoms with Gasteiger partial charge in [-0.05, 0) is 103 Å². The smallest absolute Gasteiger partial charge is 0.306 e. The lowest BCUT2D eigenvalue weighted by molar-refractivity contribution is -0.167. The molecule has 1 atom stereocenters. The minimum atomic E-state index is -0.809. The molecule has 0 N–H and O–H groups in total. The van der Waals surface area contributed by atoms with Gasteiger partial charge in [0.15, 0.2) is 6.10 Å². The second-order valence-corrected chi connectivity index (χ2v) is 15.2. The van der Waals surface area contributed by atoms with Crippen LogP contribution in [-0.4, -0.2) is 37.2 Å². The second kappa shape index (κ2) is 45.6. The van der Waals surface area contributed by atoms with Crippen molar-refractivity contribution < 1.29 is 28.6 Å². The number of unbranched alkanes of at least 4 members (excludes halogenated alkanes) is 18. The van der Waals surface area contributed by atoms with Crippen molar-refractivity contribution in [3.63, 3.8) is 0 Å². The summed E-state index contributed by atoms with van der Waals surface area (Å²) in [5, 5.41) is 0. The van der Waals surface area contributed by atoms with Crippen LogP contribution in [-0.2, 0) is 28.6 Å². The highest BCUT2D eigenvalue weighted by atomic mass is 16.6. The maximum atomic E-state index is 12.7. The van der Waals surface area contributed by atoms with Crippen molar-refractivity contribution in [2.24, 2.45) is 0 Å². The molecule has 0 rings (SSSR count). The minimum Gasteiger partial charge on any atom is -0.462 e. The molecule has 0 saturated carbocycles. The van der Waals surface area contributed by atoms with E-state index in [1.807, 2.05) is 0 Å². The first-order valence-electron chi connectivity index (χ1n) is 23.4. The molecule has 0 aromatic carbocycles. The molecule has 6 heteroatoms. The van der Waals surface area contributed by atoms with Crippen molar-refractivity contribution in [1.29, 1.82) is 0 Å². The lowest BCUT2D eigenvalue weighted by atomic mass is 10.1. The van der Waals surface area contributed by atoms with E-state index in [0.29, 0.717) is 19.3 Å². The van der Waals surface area contributed by atoms with Crippen LogP contribution < -0.4 is 0 Å². The third-order valence-electron chi connectivity index (χ3n) is 9.68. The predicted octanol–water partition coefficient (Wildman–Crippen LogP) is 15.1. The Bertz CT molecular complexity index is 1100. The van der Waals surface area contributed by atoms with Gasteiger partial charge < -0.3 is 14.2 Å². The van der Waals surface area contributed by atoms with Crippen LogP contribution in [0.5, 0.6) is 0 Å². The molecule has 6 nitrogen and oxygen atoms in total. The van der Waals surface area contributed by atoms with Gasteiger partial charge in [0.25, 0.3) is 0 Å². The van der Waals surface area contributed by atoms with Gasteiger partial charge in [-0.15, -0.1) is 0 Å². The highest BCUT2D eigenvalue weighted by Crippen LogP contribution is 2.13. The van der Waals surface area contributed by atoms with Crippen molar-refractivity contribution in [3.05, 3.63) is 72.9 Å². The molecule has 0 bridgehead atoms. The van der Waals surface area contributed by atoms with Gasteiger partial charge in [-0.3, -0.25) is 14.4 Å². The summed E-state index contributed by atoms with van der Waals surface area (Å²) in [7, 11) is 0. The van der Waals surface area contributed by atoms with E-state index in [9.17, 15) is 14.4 Å². The molecule has 0 aliphatic carbocycles. The Kier molecular flexibility index (Phi) is 43.0. The fourth-order valence-corrected chi connectivity index (χ4v) is 6.19. The van der Waals surface area contributed by atoms with E-state index in [0.717, 1.165) is 89.9 Å². The van der Waals surface area contributed by atoms with Gasteiger partial charge in [0, 0.05) is 19.3 Å². The van der Waals surface area contributed by atoms with E-state index in [4.69, 9.17) is 14.2 Å². The molecular weight excluding hydrogens is 709 g/mol. The summed E-state index contributed by atoms with van der Waals surface area (Å²) in [4.78, 5) is 37.7. The molecule has 0 spiro atoms. The Morgan fingerprint density at radius 3 is 1.12 bits per heavy atom. The Balaban J connectivity index is 4.39. The van der Waals surface area contributed by atoms with Crippen molar-refractivity contribution in [3.8, 4) is 0 Å². The molecule has 0 saturated heterocycles. The third kappa shape index (κ3) is 43.8. The molecule has 1 unspecified atom stereocenters. The summed E-state index contributed by atoms with van der Waals surface area (Å²) in [6.07, 6.45) is 56.2. The maximum Gasteiger partial charge on any atom is 0.306 e. The van der Waals surface area contributed by atoms with E-state index in [1.54, 1.807) is 0 Å². The number of ether oxygens (including phenoxy) is 3. The number of carbonyl (C=O) groups is 3. The van der Waals surface area contributed by atoms with Crippen LogP contribution in [0.2, 0.25) is 0 Å². The molecule has 0 aliphatic heterocycles.